The van der Waals surface area contributed by atoms with Gasteiger partial charge in [-0.15, -0.1) is 0 Å². The zero-order chi connectivity index (χ0) is 21.9. The van der Waals surface area contributed by atoms with Gasteiger partial charge < -0.3 is 9.47 Å². The zero-order valence-corrected chi connectivity index (χ0v) is 17.0. The lowest BCUT2D eigenvalue weighted by atomic mass is 9.81. The highest BCUT2D eigenvalue weighted by atomic mass is 19.4. The maximum atomic E-state index is 15.0. The lowest BCUT2D eigenvalue weighted by Gasteiger charge is -2.32. The lowest BCUT2D eigenvalue weighted by molar-refractivity contribution is -0.225. The Morgan fingerprint density at radius 1 is 0.900 bits per heavy atom. The lowest BCUT2D eigenvalue weighted by Crippen LogP contribution is -2.36. The molecular formula is C22H28F6O2. The van der Waals surface area contributed by atoms with E-state index < -0.39 is 41.3 Å². The third kappa shape index (κ3) is 5.24. The van der Waals surface area contributed by atoms with Gasteiger partial charge in [0, 0.05) is 6.61 Å². The summed E-state index contributed by atoms with van der Waals surface area (Å²) in [6.07, 6.45) is -4.35. The largest absolute Gasteiger partial charge is 0.432 e. The van der Waals surface area contributed by atoms with Gasteiger partial charge >= 0.3 is 12.3 Å². The molecular weight excluding hydrogens is 410 g/mol. The molecule has 3 rings (SSSR count). The molecule has 2 saturated carbocycles. The fourth-order valence-corrected chi connectivity index (χ4v) is 4.68. The van der Waals surface area contributed by atoms with Crippen LogP contribution < -0.4 is 4.74 Å². The quantitative estimate of drug-likeness (QED) is 0.429. The minimum atomic E-state index is -5.14. The molecule has 0 radical (unpaired) electrons. The van der Waals surface area contributed by atoms with Crippen LogP contribution in [0.1, 0.15) is 81.8 Å². The Bertz CT molecular complexity index is 704. The summed E-state index contributed by atoms with van der Waals surface area (Å²) < 4.78 is 95.1. The summed E-state index contributed by atoms with van der Waals surface area (Å²) in [5.41, 5.74) is -1.83. The normalized spacial score (nSPS) is 24.1. The van der Waals surface area contributed by atoms with Crippen molar-refractivity contribution < 1.29 is 35.8 Å². The van der Waals surface area contributed by atoms with Gasteiger partial charge in [0.05, 0.1) is 12.0 Å². The van der Waals surface area contributed by atoms with Crippen LogP contribution in [-0.4, -0.2) is 18.8 Å². The van der Waals surface area contributed by atoms with Crippen molar-refractivity contribution in [3.8, 4) is 5.75 Å². The molecule has 0 bridgehead atoms. The molecule has 2 nitrogen and oxygen atoms in total. The summed E-state index contributed by atoms with van der Waals surface area (Å²) in [6, 6.07) is 2.02. The van der Waals surface area contributed by atoms with E-state index in [2.05, 4.69) is 4.74 Å². The van der Waals surface area contributed by atoms with Crippen LogP contribution in [0.15, 0.2) is 12.1 Å². The fourth-order valence-electron chi connectivity index (χ4n) is 4.68. The van der Waals surface area contributed by atoms with Gasteiger partial charge in [0.1, 0.15) is 17.1 Å². The summed E-state index contributed by atoms with van der Waals surface area (Å²) in [4.78, 5) is 0. The molecule has 0 saturated heterocycles. The van der Waals surface area contributed by atoms with Gasteiger partial charge in [0.15, 0.2) is 0 Å². The molecule has 170 valence electrons. The number of rotatable bonds is 6. The molecule has 0 unspecified atom stereocenters. The summed E-state index contributed by atoms with van der Waals surface area (Å²) in [7, 11) is 0. The maximum Gasteiger partial charge on any atom is 0.422 e. The topological polar surface area (TPSA) is 18.5 Å². The highest BCUT2D eigenvalue weighted by molar-refractivity contribution is 5.42. The van der Waals surface area contributed by atoms with Crippen LogP contribution in [0.5, 0.6) is 5.75 Å². The third-order valence-electron chi connectivity index (χ3n) is 6.26. The predicted molar refractivity (Wildman–Crippen MR) is 100 cm³/mol. The van der Waals surface area contributed by atoms with E-state index in [1.807, 2.05) is 6.92 Å². The van der Waals surface area contributed by atoms with Crippen molar-refractivity contribution in [2.24, 2.45) is 5.92 Å². The van der Waals surface area contributed by atoms with Crippen molar-refractivity contribution >= 4 is 0 Å². The summed E-state index contributed by atoms with van der Waals surface area (Å²) in [5.74, 6) is -4.21. The van der Waals surface area contributed by atoms with Crippen LogP contribution in [0.3, 0.4) is 0 Å². The summed E-state index contributed by atoms with van der Waals surface area (Å²) >= 11 is 0. The van der Waals surface area contributed by atoms with Crippen molar-refractivity contribution in [1.82, 2.24) is 0 Å². The van der Waals surface area contributed by atoms with Gasteiger partial charge in [-0.2, -0.15) is 22.0 Å². The van der Waals surface area contributed by atoms with Gasteiger partial charge in [-0.3, -0.25) is 0 Å². The molecule has 2 fully saturated rings. The van der Waals surface area contributed by atoms with E-state index >= 15 is 4.39 Å². The number of hydrogen-bond donors (Lipinski definition) is 0. The van der Waals surface area contributed by atoms with Crippen molar-refractivity contribution in [3.05, 3.63) is 29.1 Å². The predicted octanol–water partition coefficient (Wildman–Crippen LogP) is 7.46. The molecule has 2 aliphatic carbocycles. The number of benzene rings is 1. The van der Waals surface area contributed by atoms with E-state index in [9.17, 15) is 22.0 Å². The molecule has 8 heteroatoms. The number of hydrogen-bond acceptors (Lipinski definition) is 2. The molecule has 0 aliphatic heterocycles. The van der Waals surface area contributed by atoms with Crippen LogP contribution in [0.4, 0.5) is 26.3 Å². The first-order valence-corrected chi connectivity index (χ1v) is 10.7. The van der Waals surface area contributed by atoms with Crippen molar-refractivity contribution in [1.29, 1.82) is 0 Å². The highest BCUT2D eigenvalue weighted by Gasteiger charge is 2.46. The number of alkyl halides is 5. The first kappa shape index (κ1) is 23.2. The second-order valence-electron chi connectivity index (χ2n) is 8.27. The Morgan fingerprint density at radius 2 is 1.53 bits per heavy atom. The van der Waals surface area contributed by atoms with Crippen LogP contribution in [0.2, 0.25) is 0 Å². The summed E-state index contributed by atoms with van der Waals surface area (Å²) in [5, 5.41) is 0. The molecule has 0 N–H and O–H groups in total. The maximum absolute atomic E-state index is 15.0. The Balaban J connectivity index is 1.85. The standard InChI is InChI=1S/C22H28F6O2/c1-2-29-16-10-8-14(9-11-16)17-12-13-18(19(20(17)23)21(24,25)26)30-22(27,28)15-6-4-3-5-7-15/h12-16H,2-11H2,1H3. The van der Waals surface area contributed by atoms with E-state index in [1.54, 1.807) is 0 Å². The van der Waals surface area contributed by atoms with Gasteiger partial charge in [-0.1, -0.05) is 25.3 Å². The molecule has 1 aromatic rings. The van der Waals surface area contributed by atoms with Gasteiger partial charge in [0.2, 0.25) is 0 Å². The Kier molecular flexibility index (Phi) is 7.25. The number of halogens is 6. The van der Waals surface area contributed by atoms with Crippen molar-refractivity contribution in [2.75, 3.05) is 6.61 Å². The van der Waals surface area contributed by atoms with E-state index in [1.165, 1.54) is 6.07 Å². The molecule has 0 heterocycles. The minimum Gasteiger partial charge on any atom is -0.432 e. The molecule has 0 aromatic heterocycles. The second kappa shape index (κ2) is 9.37. The smallest absolute Gasteiger partial charge is 0.422 e. The first-order chi connectivity index (χ1) is 14.1. The average molecular weight is 438 g/mol. The van der Waals surface area contributed by atoms with E-state index in [-0.39, 0.29) is 24.5 Å². The monoisotopic (exact) mass is 438 g/mol. The van der Waals surface area contributed by atoms with Gasteiger partial charge in [-0.25, -0.2) is 4.39 Å². The molecule has 0 spiro atoms. The van der Waals surface area contributed by atoms with Crippen LogP contribution in [-0.2, 0) is 10.9 Å². The van der Waals surface area contributed by atoms with Gasteiger partial charge in [-0.05, 0) is 63.0 Å². The molecule has 1 aromatic carbocycles. The third-order valence-corrected chi connectivity index (χ3v) is 6.26. The molecule has 0 amide bonds. The van der Waals surface area contributed by atoms with Crippen LogP contribution >= 0.6 is 0 Å². The average Bonchev–Trinajstić information content (AvgIpc) is 2.69. The second-order valence-corrected chi connectivity index (χ2v) is 8.27. The van der Waals surface area contributed by atoms with Crippen LogP contribution in [0.25, 0.3) is 0 Å². The van der Waals surface area contributed by atoms with E-state index in [4.69, 9.17) is 4.74 Å². The zero-order valence-electron chi connectivity index (χ0n) is 17.0. The Hall–Kier alpha value is -1.44. The van der Waals surface area contributed by atoms with Crippen molar-refractivity contribution in [2.45, 2.75) is 89.0 Å². The number of ether oxygens (including phenoxy) is 2. The highest BCUT2D eigenvalue weighted by Crippen LogP contribution is 2.46. The summed E-state index contributed by atoms with van der Waals surface area (Å²) in [6.45, 7) is 2.41. The molecule has 0 atom stereocenters. The Labute approximate surface area is 172 Å². The SMILES string of the molecule is CCOC1CCC(c2ccc(OC(F)(F)C3CCCCC3)c(C(F)(F)F)c2F)CC1. The molecule has 2 aliphatic rings. The van der Waals surface area contributed by atoms with Crippen LogP contribution in [0, 0.1) is 11.7 Å². The van der Waals surface area contributed by atoms with Crippen molar-refractivity contribution in [3.63, 3.8) is 0 Å². The van der Waals surface area contributed by atoms with Gasteiger partial charge in [0.25, 0.3) is 0 Å². The Morgan fingerprint density at radius 3 is 2.10 bits per heavy atom. The first-order valence-electron chi connectivity index (χ1n) is 10.7. The van der Waals surface area contributed by atoms with E-state index in [0.29, 0.717) is 45.1 Å². The molecule has 30 heavy (non-hydrogen) atoms. The van der Waals surface area contributed by atoms with E-state index in [0.717, 1.165) is 12.5 Å². The fraction of sp³-hybridized carbons (Fsp3) is 0.727. The minimum absolute atomic E-state index is 0.0215.